The monoisotopic (exact) mass is 418 g/mol. The maximum absolute atomic E-state index is 10.4. The molecule has 7 heteroatoms. The standard InChI is InChI=1S/C22H30O6Si/c1-22(2,3)29(15-10-6-4-7-11-15,16-12-8-5-9-13-16)27-14-17-18(23)19(24)20(25)21(26)28-17/h4-13,17-21,23-26H,14H2,1-3H3/t17-,18-,19+,20-,21-/m0/s1. The van der Waals surface area contributed by atoms with E-state index in [9.17, 15) is 20.4 Å². The third kappa shape index (κ3) is 4.18. The fourth-order valence-electron chi connectivity index (χ4n) is 4.04. The van der Waals surface area contributed by atoms with Crippen molar-refractivity contribution in [1.82, 2.24) is 0 Å². The average molecular weight is 419 g/mol. The van der Waals surface area contributed by atoms with Gasteiger partial charge in [0.25, 0.3) is 8.32 Å². The molecule has 0 aromatic heterocycles. The summed E-state index contributed by atoms with van der Waals surface area (Å²) in [5.41, 5.74) is 0. The van der Waals surface area contributed by atoms with Crippen LogP contribution in [-0.2, 0) is 9.16 Å². The smallest absolute Gasteiger partial charge is 0.261 e. The molecule has 0 bridgehead atoms. The van der Waals surface area contributed by atoms with Crippen LogP contribution in [0.4, 0.5) is 0 Å². The number of benzene rings is 2. The first-order valence-electron chi connectivity index (χ1n) is 9.81. The summed E-state index contributed by atoms with van der Waals surface area (Å²) in [7, 11) is -2.84. The Morgan fingerprint density at radius 2 is 1.28 bits per heavy atom. The van der Waals surface area contributed by atoms with Gasteiger partial charge in [-0.25, -0.2) is 0 Å². The SMILES string of the molecule is CC(C)(C)[Si](OC[C@@H]1O[C@H](O)[C@@H](O)[C@H](O)[C@H]1O)(c1ccccc1)c1ccccc1. The average Bonchev–Trinajstić information content (AvgIpc) is 2.71. The molecule has 0 saturated carbocycles. The van der Waals surface area contributed by atoms with Gasteiger partial charge in [0, 0.05) is 0 Å². The van der Waals surface area contributed by atoms with Crippen molar-refractivity contribution in [3.8, 4) is 0 Å². The van der Waals surface area contributed by atoms with Crippen molar-refractivity contribution < 1.29 is 29.6 Å². The summed E-state index contributed by atoms with van der Waals surface area (Å²) in [6.07, 6.45) is -6.99. The van der Waals surface area contributed by atoms with Gasteiger partial charge in [0.15, 0.2) is 6.29 Å². The van der Waals surface area contributed by atoms with Gasteiger partial charge >= 0.3 is 0 Å². The van der Waals surface area contributed by atoms with Crippen LogP contribution in [0.25, 0.3) is 0 Å². The first-order valence-corrected chi connectivity index (χ1v) is 11.7. The number of hydrogen-bond donors (Lipinski definition) is 4. The first kappa shape index (κ1) is 22.1. The molecule has 5 atom stereocenters. The second kappa shape index (κ2) is 8.65. The van der Waals surface area contributed by atoms with E-state index in [2.05, 4.69) is 45.0 Å². The molecule has 1 heterocycles. The Morgan fingerprint density at radius 3 is 1.72 bits per heavy atom. The molecule has 0 amide bonds. The van der Waals surface area contributed by atoms with E-state index in [4.69, 9.17) is 9.16 Å². The van der Waals surface area contributed by atoms with Gasteiger partial charge in [-0.05, 0) is 15.4 Å². The van der Waals surface area contributed by atoms with Crippen LogP contribution in [0, 0.1) is 0 Å². The number of rotatable bonds is 5. The Labute approximate surface area is 172 Å². The molecule has 158 valence electrons. The summed E-state index contributed by atoms with van der Waals surface area (Å²) in [4.78, 5) is 0. The van der Waals surface area contributed by atoms with E-state index in [1.54, 1.807) is 0 Å². The van der Waals surface area contributed by atoms with Crippen LogP contribution >= 0.6 is 0 Å². The van der Waals surface area contributed by atoms with Crippen LogP contribution in [0.2, 0.25) is 5.04 Å². The molecule has 1 aliphatic heterocycles. The van der Waals surface area contributed by atoms with Gasteiger partial charge < -0.3 is 29.6 Å². The molecule has 0 radical (unpaired) electrons. The minimum atomic E-state index is -2.84. The molecule has 0 unspecified atom stereocenters. The zero-order valence-electron chi connectivity index (χ0n) is 17.0. The van der Waals surface area contributed by atoms with Crippen LogP contribution in [0.3, 0.4) is 0 Å². The van der Waals surface area contributed by atoms with Crippen LogP contribution in [0.5, 0.6) is 0 Å². The normalized spacial score (nSPS) is 28.3. The molecule has 1 aliphatic rings. The highest BCUT2D eigenvalue weighted by atomic mass is 28.4. The van der Waals surface area contributed by atoms with Crippen molar-refractivity contribution in [2.24, 2.45) is 0 Å². The Kier molecular flexibility index (Phi) is 6.60. The lowest BCUT2D eigenvalue weighted by Gasteiger charge is -2.45. The van der Waals surface area contributed by atoms with Crippen molar-refractivity contribution in [2.45, 2.75) is 56.5 Å². The molecule has 1 fully saturated rings. The second-order valence-electron chi connectivity index (χ2n) is 8.51. The summed E-state index contributed by atoms with van der Waals surface area (Å²) in [6, 6.07) is 20.0. The number of aliphatic hydroxyl groups is 4. The molecule has 0 aliphatic carbocycles. The van der Waals surface area contributed by atoms with Gasteiger partial charge in [-0.15, -0.1) is 0 Å². The van der Waals surface area contributed by atoms with Crippen molar-refractivity contribution >= 4 is 18.7 Å². The lowest BCUT2D eigenvalue weighted by Crippen LogP contribution is -2.68. The first-order chi connectivity index (χ1) is 13.7. The highest BCUT2D eigenvalue weighted by molar-refractivity contribution is 6.99. The number of ether oxygens (including phenoxy) is 1. The number of hydrogen-bond acceptors (Lipinski definition) is 6. The molecular weight excluding hydrogens is 388 g/mol. The Balaban J connectivity index is 2.00. The van der Waals surface area contributed by atoms with Gasteiger partial charge in [-0.1, -0.05) is 81.4 Å². The maximum Gasteiger partial charge on any atom is 0.261 e. The van der Waals surface area contributed by atoms with Gasteiger partial charge in [0.1, 0.15) is 24.4 Å². The lowest BCUT2D eigenvalue weighted by atomic mass is 10.00. The molecule has 2 aromatic carbocycles. The van der Waals surface area contributed by atoms with E-state index < -0.39 is 39.0 Å². The fraction of sp³-hybridized carbons (Fsp3) is 0.455. The van der Waals surface area contributed by atoms with E-state index in [1.807, 2.05) is 36.4 Å². The summed E-state index contributed by atoms with van der Waals surface area (Å²) >= 11 is 0. The van der Waals surface area contributed by atoms with E-state index in [-0.39, 0.29) is 11.6 Å². The molecule has 4 N–H and O–H groups in total. The Bertz CT molecular complexity index is 739. The molecule has 1 saturated heterocycles. The third-order valence-electron chi connectivity index (χ3n) is 5.57. The van der Waals surface area contributed by atoms with E-state index in [0.29, 0.717) is 0 Å². The van der Waals surface area contributed by atoms with Gasteiger partial charge in [-0.3, -0.25) is 0 Å². The molecule has 29 heavy (non-hydrogen) atoms. The second-order valence-corrected chi connectivity index (χ2v) is 12.8. The summed E-state index contributed by atoms with van der Waals surface area (Å²) < 4.78 is 12.0. The molecule has 0 spiro atoms. The van der Waals surface area contributed by atoms with Gasteiger partial charge in [-0.2, -0.15) is 0 Å². The van der Waals surface area contributed by atoms with Crippen LogP contribution in [0.1, 0.15) is 20.8 Å². The van der Waals surface area contributed by atoms with Crippen molar-refractivity contribution in [1.29, 1.82) is 0 Å². The van der Waals surface area contributed by atoms with E-state index in [0.717, 1.165) is 10.4 Å². The van der Waals surface area contributed by atoms with Crippen LogP contribution < -0.4 is 10.4 Å². The van der Waals surface area contributed by atoms with Crippen molar-refractivity contribution in [3.05, 3.63) is 60.7 Å². The van der Waals surface area contributed by atoms with E-state index >= 15 is 0 Å². The zero-order valence-corrected chi connectivity index (χ0v) is 18.0. The molecule has 6 nitrogen and oxygen atoms in total. The minimum Gasteiger partial charge on any atom is -0.405 e. The predicted molar refractivity (Wildman–Crippen MR) is 112 cm³/mol. The maximum atomic E-state index is 10.4. The van der Waals surface area contributed by atoms with Gasteiger partial charge in [0.05, 0.1) is 6.61 Å². The zero-order chi connectivity index (χ0) is 21.2. The van der Waals surface area contributed by atoms with Gasteiger partial charge in [0.2, 0.25) is 0 Å². The highest BCUT2D eigenvalue weighted by Crippen LogP contribution is 2.37. The Morgan fingerprint density at radius 1 is 0.793 bits per heavy atom. The largest absolute Gasteiger partial charge is 0.405 e. The fourth-order valence-corrected chi connectivity index (χ4v) is 8.61. The van der Waals surface area contributed by atoms with E-state index in [1.165, 1.54) is 0 Å². The molecule has 3 rings (SSSR count). The molecule has 2 aromatic rings. The minimum absolute atomic E-state index is 0.0325. The number of aliphatic hydroxyl groups excluding tert-OH is 4. The topological polar surface area (TPSA) is 99.4 Å². The quantitative estimate of drug-likeness (QED) is 0.524. The predicted octanol–water partition coefficient (Wildman–Crippen LogP) is 0.363. The third-order valence-corrected chi connectivity index (χ3v) is 10.6. The lowest BCUT2D eigenvalue weighted by molar-refractivity contribution is -0.285. The summed E-state index contributed by atoms with van der Waals surface area (Å²) in [5, 5.41) is 41.9. The highest BCUT2D eigenvalue weighted by Gasteiger charge is 2.52. The van der Waals surface area contributed by atoms with Crippen molar-refractivity contribution in [3.63, 3.8) is 0 Å². The van der Waals surface area contributed by atoms with Crippen LogP contribution in [-0.4, -0.2) is 66.1 Å². The van der Waals surface area contributed by atoms with Crippen molar-refractivity contribution in [2.75, 3.05) is 6.61 Å². The Hall–Kier alpha value is -1.58. The summed E-state index contributed by atoms with van der Waals surface area (Å²) in [5.74, 6) is 0. The molecular formula is C22H30O6Si. The van der Waals surface area contributed by atoms with Crippen LogP contribution in [0.15, 0.2) is 60.7 Å². The summed E-state index contributed by atoms with van der Waals surface area (Å²) in [6.45, 7) is 6.36.